The fourth-order valence-corrected chi connectivity index (χ4v) is 3.47. The molecule has 1 aromatic rings. The molecule has 1 N–H and O–H groups in total. The van der Waals surface area contributed by atoms with Crippen molar-refractivity contribution < 1.29 is 24.5 Å². The van der Waals surface area contributed by atoms with Crippen LogP contribution in [0.15, 0.2) is 30.4 Å². The Hall–Kier alpha value is -2.81. The molecular formula is C19H24N2O7. The second-order valence-electron chi connectivity index (χ2n) is 7.34. The van der Waals surface area contributed by atoms with Gasteiger partial charge in [0, 0.05) is 12.1 Å². The normalized spacial score (nSPS) is 21.7. The predicted molar refractivity (Wildman–Crippen MR) is 101 cm³/mol. The summed E-state index contributed by atoms with van der Waals surface area (Å²) in [7, 11) is 0. The Balaban J connectivity index is 1.88. The lowest BCUT2D eigenvalue weighted by Gasteiger charge is -2.36. The Morgan fingerprint density at radius 3 is 2.21 bits per heavy atom. The van der Waals surface area contributed by atoms with E-state index in [2.05, 4.69) is 6.58 Å². The molecule has 1 aliphatic carbocycles. The number of hydrogen-bond acceptors (Lipinski definition) is 7. The largest absolute Gasteiger partial charge is 0.462 e. The molecule has 0 spiro atoms. The summed E-state index contributed by atoms with van der Waals surface area (Å²) in [5.41, 5.74) is -1.01. The molecule has 2 rings (SSSR count). The van der Waals surface area contributed by atoms with E-state index in [0.717, 1.165) is 36.6 Å². The number of esters is 1. The van der Waals surface area contributed by atoms with Crippen molar-refractivity contribution in [3.05, 3.63) is 56.1 Å². The van der Waals surface area contributed by atoms with E-state index in [9.17, 15) is 30.1 Å². The predicted octanol–water partition coefficient (Wildman–Crippen LogP) is 3.94. The molecule has 9 heteroatoms. The van der Waals surface area contributed by atoms with E-state index >= 15 is 0 Å². The van der Waals surface area contributed by atoms with Gasteiger partial charge in [0.25, 0.3) is 11.4 Å². The van der Waals surface area contributed by atoms with E-state index in [0.29, 0.717) is 31.6 Å². The zero-order chi connectivity index (χ0) is 20.9. The lowest BCUT2D eigenvalue weighted by molar-refractivity contribution is -0.394. The number of non-ortho nitro benzene ring substituents is 2. The average Bonchev–Trinajstić information content (AvgIpc) is 2.65. The van der Waals surface area contributed by atoms with Gasteiger partial charge < -0.3 is 9.84 Å². The van der Waals surface area contributed by atoms with E-state index in [1.807, 2.05) is 6.92 Å². The van der Waals surface area contributed by atoms with Crippen molar-refractivity contribution in [2.24, 2.45) is 5.92 Å². The van der Waals surface area contributed by atoms with E-state index in [4.69, 9.17) is 4.74 Å². The van der Waals surface area contributed by atoms with Gasteiger partial charge in [-0.15, -0.1) is 0 Å². The SMILES string of the molecule is C=C(C)C1CCC(O)(CCCOC(=O)c2cc([N+](=O)[O-])cc([N+](=O)[O-])c2)CC1. The highest BCUT2D eigenvalue weighted by atomic mass is 16.6. The van der Waals surface area contributed by atoms with Crippen LogP contribution in [-0.4, -0.2) is 33.1 Å². The minimum atomic E-state index is -0.871. The summed E-state index contributed by atoms with van der Waals surface area (Å²) in [6.45, 7) is 5.97. The van der Waals surface area contributed by atoms with Crippen LogP contribution in [-0.2, 0) is 4.74 Å². The molecule has 28 heavy (non-hydrogen) atoms. The van der Waals surface area contributed by atoms with Crippen LogP contribution < -0.4 is 0 Å². The van der Waals surface area contributed by atoms with Crippen molar-refractivity contribution in [3.63, 3.8) is 0 Å². The van der Waals surface area contributed by atoms with Gasteiger partial charge in [0.15, 0.2) is 0 Å². The molecule has 0 atom stereocenters. The van der Waals surface area contributed by atoms with Crippen LogP contribution in [0, 0.1) is 26.1 Å². The highest BCUT2D eigenvalue weighted by Gasteiger charge is 2.33. The van der Waals surface area contributed by atoms with Crippen molar-refractivity contribution in [2.45, 2.75) is 51.0 Å². The summed E-state index contributed by atoms with van der Waals surface area (Å²) < 4.78 is 5.08. The van der Waals surface area contributed by atoms with E-state index < -0.39 is 32.8 Å². The highest BCUT2D eigenvalue weighted by molar-refractivity contribution is 5.91. The summed E-state index contributed by atoms with van der Waals surface area (Å²) in [4.78, 5) is 32.3. The monoisotopic (exact) mass is 392 g/mol. The molecule has 0 aliphatic heterocycles. The first-order valence-corrected chi connectivity index (χ1v) is 9.10. The lowest BCUT2D eigenvalue weighted by Crippen LogP contribution is -2.34. The van der Waals surface area contributed by atoms with Crippen LogP contribution >= 0.6 is 0 Å². The first-order valence-electron chi connectivity index (χ1n) is 9.10. The van der Waals surface area contributed by atoms with Gasteiger partial charge in [-0.25, -0.2) is 4.79 Å². The smallest absolute Gasteiger partial charge is 0.338 e. The van der Waals surface area contributed by atoms with Crippen LogP contribution in [0.5, 0.6) is 0 Å². The number of allylic oxidation sites excluding steroid dienone is 1. The number of aliphatic hydroxyl groups is 1. The maximum Gasteiger partial charge on any atom is 0.338 e. The molecule has 0 saturated heterocycles. The molecule has 0 heterocycles. The Bertz CT molecular complexity index is 750. The lowest BCUT2D eigenvalue weighted by atomic mass is 9.75. The fourth-order valence-electron chi connectivity index (χ4n) is 3.47. The van der Waals surface area contributed by atoms with Gasteiger partial charge in [-0.05, 0) is 51.4 Å². The number of ether oxygens (including phenoxy) is 1. The molecule has 152 valence electrons. The van der Waals surface area contributed by atoms with Gasteiger partial charge >= 0.3 is 5.97 Å². The Labute approximate surface area is 162 Å². The molecule has 0 radical (unpaired) electrons. The average molecular weight is 392 g/mol. The third kappa shape index (κ3) is 5.59. The molecule has 0 aromatic heterocycles. The van der Waals surface area contributed by atoms with Crippen LogP contribution in [0.2, 0.25) is 0 Å². The molecule has 9 nitrogen and oxygen atoms in total. The maximum absolute atomic E-state index is 12.1. The highest BCUT2D eigenvalue weighted by Crippen LogP contribution is 2.37. The molecule has 1 saturated carbocycles. The maximum atomic E-state index is 12.1. The minimum Gasteiger partial charge on any atom is -0.462 e. The Morgan fingerprint density at radius 2 is 1.75 bits per heavy atom. The number of nitro groups is 2. The van der Waals surface area contributed by atoms with Gasteiger partial charge in [0.1, 0.15) is 0 Å². The summed E-state index contributed by atoms with van der Waals surface area (Å²) in [5.74, 6) is -0.437. The van der Waals surface area contributed by atoms with Crippen LogP contribution in [0.1, 0.15) is 55.8 Å². The van der Waals surface area contributed by atoms with Gasteiger partial charge in [-0.2, -0.15) is 0 Å². The van der Waals surface area contributed by atoms with Crippen LogP contribution in [0.4, 0.5) is 11.4 Å². The standard InChI is InChI=1S/C19H24N2O7/c1-13(2)14-4-7-19(23,8-5-14)6-3-9-28-18(22)15-10-16(20(24)25)12-17(11-15)21(26)27/h10-12,14,23H,1,3-9H2,2H3. The second kappa shape index (κ2) is 8.92. The number of benzene rings is 1. The number of rotatable bonds is 8. The topological polar surface area (TPSA) is 133 Å². The Kier molecular flexibility index (Phi) is 6.85. The van der Waals surface area contributed by atoms with E-state index in [-0.39, 0.29) is 12.2 Å². The van der Waals surface area contributed by atoms with E-state index in [1.165, 1.54) is 0 Å². The second-order valence-corrected chi connectivity index (χ2v) is 7.34. The van der Waals surface area contributed by atoms with Crippen LogP contribution in [0.25, 0.3) is 0 Å². The quantitative estimate of drug-likeness (QED) is 0.233. The number of nitro benzene ring substituents is 2. The first kappa shape index (κ1) is 21.5. The third-order valence-electron chi connectivity index (χ3n) is 5.19. The molecule has 1 fully saturated rings. The van der Waals surface area contributed by atoms with Gasteiger partial charge in [0.05, 0.1) is 33.7 Å². The summed E-state index contributed by atoms with van der Waals surface area (Å²) in [5, 5.41) is 32.4. The van der Waals surface area contributed by atoms with Crippen molar-refractivity contribution in [2.75, 3.05) is 6.61 Å². The molecule has 1 aliphatic rings. The summed E-state index contributed by atoms with van der Waals surface area (Å²) >= 11 is 0. The zero-order valence-corrected chi connectivity index (χ0v) is 15.8. The molecule has 1 aromatic carbocycles. The number of carbonyl (C=O) groups is 1. The van der Waals surface area contributed by atoms with E-state index in [1.54, 1.807) is 0 Å². The number of carbonyl (C=O) groups excluding carboxylic acids is 1. The third-order valence-corrected chi connectivity index (χ3v) is 5.19. The fraction of sp³-hybridized carbons (Fsp3) is 0.526. The number of nitrogens with zero attached hydrogens (tertiary/aromatic N) is 2. The van der Waals surface area contributed by atoms with Crippen LogP contribution in [0.3, 0.4) is 0 Å². The molecule has 0 amide bonds. The van der Waals surface area contributed by atoms with Crippen molar-refractivity contribution >= 4 is 17.3 Å². The minimum absolute atomic E-state index is 0.0154. The number of hydrogen-bond donors (Lipinski definition) is 1. The first-order chi connectivity index (χ1) is 13.1. The van der Waals surface area contributed by atoms with Crippen molar-refractivity contribution in [1.29, 1.82) is 0 Å². The summed E-state index contributed by atoms with van der Waals surface area (Å²) in [6, 6.07) is 2.68. The zero-order valence-electron chi connectivity index (χ0n) is 15.8. The molecule has 0 bridgehead atoms. The molecular weight excluding hydrogens is 368 g/mol. The van der Waals surface area contributed by atoms with Crippen molar-refractivity contribution in [1.82, 2.24) is 0 Å². The Morgan fingerprint density at radius 1 is 1.21 bits per heavy atom. The summed E-state index contributed by atoms with van der Waals surface area (Å²) in [6.07, 6.45) is 3.98. The van der Waals surface area contributed by atoms with Gasteiger partial charge in [-0.1, -0.05) is 12.2 Å². The van der Waals surface area contributed by atoms with Crippen molar-refractivity contribution in [3.8, 4) is 0 Å². The molecule has 0 unspecified atom stereocenters. The van der Waals surface area contributed by atoms with Gasteiger partial charge in [0.2, 0.25) is 0 Å². The van der Waals surface area contributed by atoms with Gasteiger partial charge in [-0.3, -0.25) is 20.2 Å².